The maximum Gasteiger partial charge on any atom is 0.262 e. The Bertz CT molecular complexity index is 1160. The molecule has 1 N–H and O–H groups in total. The fourth-order valence-corrected chi connectivity index (χ4v) is 4.53. The fraction of sp³-hybridized carbons (Fsp3) is 0.316. The Morgan fingerprint density at radius 3 is 2.52 bits per heavy atom. The molecule has 2 aromatic carbocycles. The van der Waals surface area contributed by atoms with E-state index >= 15 is 0 Å². The number of hydrogen-bond donors (Lipinski definition) is 1. The van der Waals surface area contributed by atoms with E-state index in [-0.39, 0.29) is 17.3 Å². The average molecular weight is 436 g/mol. The Morgan fingerprint density at radius 2 is 1.83 bits per heavy atom. The van der Waals surface area contributed by atoms with Crippen molar-refractivity contribution in [1.29, 1.82) is 0 Å². The summed E-state index contributed by atoms with van der Waals surface area (Å²) in [5, 5.41) is 8.97. The number of hydrogen-bond acceptors (Lipinski definition) is 5. The molecule has 0 saturated heterocycles. The molecular formula is C19H22ClN5O3S. The van der Waals surface area contributed by atoms with E-state index in [1.165, 1.54) is 10.9 Å². The first-order valence-electron chi connectivity index (χ1n) is 9.15. The van der Waals surface area contributed by atoms with Crippen molar-refractivity contribution in [1.82, 2.24) is 19.9 Å². The van der Waals surface area contributed by atoms with Gasteiger partial charge in [-0.05, 0) is 56.7 Å². The van der Waals surface area contributed by atoms with E-state index in [4.69, 9.17) is 11.6 Å². The maximum atomic E-state index is 12.7. The second kappa shape index (κ2) is 8.38. The summed E-state index contributed by atoms with van der Waals surface area (Å²) in [4.78, 5) is 15.4. The summed E-state index contributed by atoms with van der Waals surface area (Å²) < 4.78 is 28.0. The highest BCUT2D eigenvalue weighted by Crippen LogP contribution is 2.25. The summed E-state index contributed by atoms with van der Waals surface area (Å²) in [6.07, 6.45) is 0. The van der Waals surface area contributed by atoms with Crippen LogP contribution in [0.1, 0.15) is 19.4 Å². The molecule has 0 aliphatic heterocycles. The molecule has 0 atom stereocenters. The average Bonchev–Trinajstić information content (AvgIpc) is 3.05. The minimum absolute atomic E-state index is 0.0269. The van der Waals surface area contributed by atoms with Crippen LogP contribution in [-0.2, 0) is 21.4 Å². The quantitative estimate of drug-likeness (QED) is 0.615. The summed E-state index contributed by atoms with van der Waals surface area (Å²) in [7, 11) is -3.82. The van der Waals surface area contributed by atoms with Crippen molar-refractivity contribution in [2.45, 2.75) is 32.2 Å². The Labute approximate surface area is 174 Å². The second-order valence-corrected chi connectivity index (χ2v) is 8.53. The SMILES string of the molecule is CCN(CC)C(=O)Cn1nc2ccc(NS(=O)(=O)c3cccc(Cl)c3C)cc2n1. The molecule has 0 saturated carbocycles. The Hall–Kier alpha value is -2.65. The van der Waals surface area contributed by atoms with Gasteiger partial charge in [0.1, 0.15) is 17.6 Å². The van der Waals surface area contributed by atoms with Crippen LogP contribution in [0.2, 0.25) is 5.02 Å². The van der Waals surface area contributed by atoms with E-state index in [2.05, 4.69) is 14.9 Å². The van der Waals surface area contributed by atoms with Gasteiger partial charge in [0.2, 0.25) is 5.91 Å². The lowest BCUT2D eigenvalue weighted by molar-refractivity contribution is -0.131. The molecule has 154 valence electrons. The summed E-state index contributed by atoms with van der Waals surface area (Å²) in [6, 6.07) is 9.56. The third kappa shape index (κ3) is 4.51. The number of rotatable bonds is 7. The predicted molar refractivity (Wildman–Crippen MR) is 112 cm³/mol. The lowest BCUT2D eigenvalue weighted by Gasteiger charge is -2.17. The number of amides is 1. The molecule has 0 fully saturated rings. The van der Waals surface area contributed by atoms with Gasteiger partial charge in [0.25, 0.3) is 10.0 Å². The molecular weight excluding hydrogens is 414 g/mol. The van der Waals surface area contributed by atoms with Crippen molar-refractivity contribution in [3.05, 3.63) is 47.0 Å². The molecule has 1 heterocycles. The van der Waals surface area contributed by atoms with Crippen LogP contribution in [0.5, 0.6) is 0 Å². The first-order valence-corrected chi connectivity index (χ1v) is 11.0. The summed E-state index contributed by atoms with van der Waals surface area (Å²) in [6.45, 7) is 6.73. The zero-order valence-corrected chi connectivity index (χ0v) is 18.0. The topological polar surface area (TPSA) is 97.2 Å². The number of sulfonamides is 1. The van der Waals surface area contributed by atoms with Gasteiger partial charge in [0, 0.05) is 18.1 Å². The van der Waals surface area contributed by atoms with E-state index in [0.29, 0.717) is 40.4 Å². The molecule has 0 unspecified atom stereocenters. The highest BCUT2D eigenvalue weighted by atomic mass is 35.5. The van der Waals surface area contributed by atoms with Gasteiger partial charge < -0.3 is 4.90 Å². The normalized spacial score (nSPS) is 11.6. The summed E-state index contributed by atoms with van der Waals surface area (Å²) >= 11 is 6.04. The summed E-state index contributed by atoms with van der Waals surface area (Å²) in [5.41, 5.74) is 1.88. The number of carbonyl (C=O) groups excluding carboxylic acids is 1. The van der Waals surface area contributed by atoms with Gasteiger partial charge in [-0.2, -0.15) is 15.0 Å². The molecule has 1 amide bonds. The number of anilines is 1. The van der Waals surface area contributed by atoms with Crippen LogP contribution in [0.4, 0.5) is 5.69 Å². The van der Waals surface area contributed by atoms with Gasteiger partial charge in [0.05, 0.1) is 10.6 Å². The van der Waals surface area contributed by atoms with Gasteiger partial charge in [-0.25, -0.2) is 8.42 Å². The minimum atomic E-state index is -3.82. The van der Waals surface area contributed by atoms with Gasteiger partial charge in [-0.1, -0.05) is 17.7 Å². The number of likely N-dealkylation sites (N-methyl/N-ethyl adjacent to an activating group) is 1. The van der Waals surface area contributed by atoms with Crippen molar-refractivity contribution in [2.75, 3.05) is 17.8 Å². The zero-order valence-electron chi connectivity index (χ0n) is 16.4. The molecule has 3 aromatic rings. The zero-order chi connectivity index (χ0) is 21.2. The third-order valence-corrected chi connectivity index (χ3v) is 6.51. The number of benzene rings is 2. The van der Waals surface area contributed by atoms with E-state index in [1.54, 1.807) is 42.2 Å². The summed E-state index contributed by atoms with van der Waals surface area (Å²) in [5.74, 6) is -0.0762. The number of fused-ring (bicyclic) bond motifs is 1. The van der Waals surface area contributed by atoms with Crippen molar-refractivity contribution in [3.8, 4) is 0 Å². The number of nitrogens with one attached hydrogen (secondary N) is 1. The number of carbonyl (C=O) groups is 1. The van der Waals surface area contributed by atoms with E-state index in [0.717, 1.165) is 0 Å². The lowest BCUT2D eigenvalue weighted by Crippen LogP contribution is -2.33. The van der Waals surface area contributed by atoms with Gasteiger partial charge in [-0.15, -0.1) is 0 Å². The molecule has 0 radical (unpaired) electrons. The van der Waals surface area contributed by atoms with Gasteiger partial charge in [0.15, 0.2) is 0 Å². The first-order chi connectivity index (χ1) is 13.7. The van der Waals surface area contributed by atoms with Crippen LogP contribution in [-0.4, -0.2) is 47.3 Å². The predicted octanol–water partition coefficient (Wildman–Crippen LogP) is 3.06. The van der Waals surface area contributed by atoms with Crippen LogP contribution in [0.15, 0.2) is 41.3 Å². The van der Waals surface area contributed by atoms with E-state index < -0.39 is 10.0 Å². The van der Waals surface area contributed by atoms with Crippen LogP contribution in [0.25, 0.3) is 11.0 Å². The highest BCUT2D eigenvalue weighted by molar-refractivity contribution is 7.92. The Kier molecular flexibility index (Phi) is 6.09. The standard InChI is InChI=1S/C19H22ClN5O3S/c1-4-24(5-2)19(26)12-25-21-16-10-9-14(11-17(16)22-25)23-29(27,28)18-8-6-7-15(20)13(18)3/h6-11,23H,4-5,12H2,1-3H3. The number of halogens is 1. The molecule has 0 spiro atoms. The van der Waals surface area contributed by atoms with Crippen LogP contribution < -0.4 is 4.72 Å². The molecule has 0 aliphatic rings. The molecule has 0 bridgehead atoms. The third-order valence-electron chi connectivity index (χ3n) is 4.57. The smallest absolute Gasteiger partial charge is 0.262 e. The van der Waals surface area contributed by atoms with Crippen LogP contribution in [0.3, 0.4) is 0 Å². The van der Waals surface area contributed by atoms with Crippen LogP contribution >= 0.6 is 11.6 Å². The first kappa shape index (κ1) is 21.1. The van der Waals surface area contributed by atoms with Crippen molar-refractivity contribution < 1.29 is 13.2 Å². The minimum Gasteiger partial charge on any atom is -0.342 e. The van der Waals surface area contributed by atoms with Crippen molar-refractivity contribution in [3.63, 3.8) is 0 Å². The number of aromatic nitrogens is 3. The fourth-order valence-electron chi connectivity index (χ4n) is 2.98. The van der Waals surface area contributed by atoms with E-state index in [1.807, 2.05) is 13.8 Å². The molecule has 29 heavy (non-hydrogen) atoms. The monoisotopic (exact) mass is 435 g/mol. The maximum absolute atomic E-state index is 12.7. The highest BCUT2D eigenvalue weighted by Gasteiger charge is 2.19. The second-order valence-electron chi connectivity index (χ2n) is 6.47. The van der Waals surface area contributed by atoms with Crippen molar-refractivity contribution in [2.24, 2.45) is 0 Å². The molecule has 10 heteroatoms. The van der Waals surface area contributed by atoms with E-state index in [9.17, 15) is 13.2 Å². The van der Waals surface area contributed by atoms with Gasteiger partial charge in [-0.3, -0.25) is 9.52 Å². The van der Waals surface area contributed by atoms with Crippen LogP contribution in [0, 0.1) is 6.92 Å². The lowest BCUT2D eigenvalue weighted by atomic mass is 10.2. The molecule has 1 aromatic heterocycles. The largest absolute Gasteiger partial charge is 0.342 e. The van der Waals surface area contributed by atoms with Crippen molar-refractivity contribution >= 4 is 44.3 Å². The molecule has 3 rings (SSSR count). The Morgan fingerprint density at radius 1 is 1.14 bits per heavy atom. The Balaban J connectivity index is 1.85. The molecule has 0 aliphatic carbocycles. The van der Waals surface area contributed by atoms with Gasteiger partial charge >= 0.3 is 0 Å². The number of nitrogens with zero attached hydrogens (tertiary/aromatic N) is 4. The molecule has 8 nitrogen and oxygen atoms in total.